The van der Waals surface area contributed by atoms with Crippen molar-refractivity contribution in [1.82, 2.24) is 50.1 Å². The van der Waals surface area contributed by atoms with Gasteiger partial charge in [0, 0.05) is 42.9 Å². The van der Waals surface area contributed by atoms with E-state index in [1.165, 1.54) is 76.6 Å². The largest absolute Gasteiger partial charge is 0.418 e. The predicted molar refractivity (Wildman–Crippen MR) is 485 cm³/mol. The number of amides is 5. The highest BCUT2D eigenvalue weighted by atomic mass is 127. The highest BCUT2D eigenvalue weighted by Gasteiger charge is 2.53. The lowest BCUT2D eigenvalue weighted by molar-refractivity contribution is -0.181. The van der Waals surface area contributed by atoms with Crippen LogP contribution in [0.15, 0.2) is 134 Å². The van der Waals surface area contributed by atoms with E-state index in [2.05, 4.69) is 83.1 Å². The van der Waals surface area contributed by atoms with Gasteiger partial charge in [-0.25, -0.2) is 34.3 Å². The summed E-state index contributed by atoms with van der Waals surface area (Å²) in [7, 11) is 0. The zero-order valence-electron chi connectivity index (χ0n) is 66.6. The Morgan fingerprint density at radius 2 is 0.782 bits per heavy atom. The van der Waals surface area contributed by atoms with Crippen molar-refractivity contribution in [2.75, 3.05) is 40.1 Å². The smallest absolute Gasteiger partial charge is 0.415 e. The number of carbonyl (C=O) groups excluding carboxylic acids is 5. The molecule has 0 radical (unpaired) electrons. The molecule has 42 heteroatoms. The zero-order valence-corrected chi connectivity index (χ0v) is 74.5. The van der Waals surface area contributed by atoms with Gasteiger partial charge >= 0.3 is 42.3 Å². The Morgan fingerprint density at radius 1 is 0.468 bits per heavy atom. The van der Waals surface area contributed by atoms with Gasteiger partial charge in [-0.15, -0.1) is 17.0 Å². The summed E-state index contributed by atoms with van der Waals surface area (Å²) in [6.45, 7) is 17.1. The van der Waals surface area contributed by atoms with E-state index >= 15 is 0 Å². The highest BCUT2D eigenvalue weighted by molar-refractivity contribution is 14.1. The average molecular weight is 2020 g/mol. The molecule has 0 unspecified atom stereocenters. The molecular weight excluding hydrogens is 1920 g/mol. The van der Waals surface area contributed by atoms with Gasteiger partial charge in [-0.3, -0.25) is 40.2 Å². The summed E-state index contributed by atoms with van der Waals surface area (Å²) >= 11 is 11.9. The minimum atomic E-state index is -4.45. The van der Waals surface area contributed by atoms with Crippen molar-refractivity contribution in [3.63, 3.8) is 0 Å². The van der Waals surface area contributed by atoms with Crippen LogP contribution in [-0.4, -0.2) is 129 Å². The molecule has 10 aromatic rings. The second kappa shape index (κ2) is 47.9. The molecule has 2 aliphatic rings. The standard InChI is InChI=1S/C20H18F3N3O2S.C19H22F3N5O2S.2C13H14F3N3S.C7H5ClO2.C5H10N2O.CH3I.4CH4.BrH/c1-12-16(13-9-10-24-15(11-13)19(2,3)20(21,22)23)29-17(25-12)26-18(27)28-14-7-5-4-6-8-14;1-10-14(11-6-7-24-13(9-11)18(2,3)19(20,21)22)30-16(25-10)26-17(29)27-8-4-5-12(27)15(23)28;2*1-7-10(20-11(17)19-7)8-4-5-18-9(6-8)12(2,3)13(14,15)16;8-7(9)10-6-4-2-1-3-5-6;6-5(8)4-2-1-3-7-4;1-2;;;;;/h4-11H,1-3H3,(H,25,26,27);6-7,9,12H,4-5,8H2,1-3H3,(H2,23,28)(H,25,26,29);2*4-6H,1-3H3,(H2,17,19);1-5H;4,7H,1-3H2,(H2,6,8);1H3;4*1H4;1H/t;12-;;;;4-;;;;;;/m.0...0....../s1. The van der Waals surface area contributed by atoms with E-state index in [4.69, 9.17) is 39.3 Å². The number of halogens is 15. The molecule has 0 aliphatic carbocycles. The van der Waals surface area contributed by atoms with Crippen LogP contribution in [0, 0.1) is 27.7 Å². The fourth-order valence-electron chi connectivity index (χ4n) is 10.7. The lowest BCUT2D eigenvalue weighted by Crippen LogP contribution is -2.45. The Kier molecular flexibility index (Phi) is 43.5. The Hall–Kier alpha value is -9.27. The first-order chi connectivity index (χ1) is 55.3. The Morgan fingerprint density at radius 3 is 1.06 bits per heavy atom. The number of alkyl halides is 13. The van der Waals surface area contributed by atoms with Crippen molar-refractivity contribution in [1.29, 1.82) is 0 Å². The number of pyridine rings is 4. The molecule has 23 nitrogen and oxygen atoms in total. The molecule has 2 saturated heterocycles. The number of anilines is 4. The molecule has 12 rings (SSSR count). The number of thiazole rings is 4. The van der Waals surface area contributed by atoms with Crippen LogP contribution in [0.4, 0.5) is 87.6 Å². The van der Waals surface area contributed by atoms with Gasteiger partial charge in [0.1, 0.15) is 39.2 Å². The maximum absolute atomic E-state index is 13.4. The van der Waals surface area contributed by atoms with Gasteiger partial charge in [-0.05, 0) is 215 Å². The summed E-state index contributed by atoms with van der Waals surface area (Å²) in [4.78, 5) is 95.0. The number of nitrogens with two attached hydrogens (primary N) is 4. The van der Waals surface area contributed by atoms with Crippen molar-refractivity contribution in [2.45, 2.75) is 197 Å². The second-order valence-electron chi connectivity index (χ2n) is 28.2. The summed E-state index contributed by atoms with van der Waals surface area (Å²) in [5.74, 6) is 0.0620. The van der Waals surface area contributed by atoms with Gasteiger partial charge in [0.2, 0.25) is 11.8 Å². The third kappa shape index (κ3) is 30.2. The van der Waals surface area contributed by atoms with Gasteiger partial charge in [-0.2, -0.15) is 52.7 Å². The number of rotatable bonds is 14. The quantitative estimate of drug-likeness (QED) is 0.0230. The number of hydrogen-bond donors (Lipinski definition) is 7. The van der Waals surface area contributed by atoms with Gasteiger partial charge in [0.25, 0.3) is 0 Å². The van der Waals surface area contributed by atoms with Gasteiger partial charge in [0.15, 0.2) is 20.5 Å². The van der Waals surface area contributed by atoms with Gasteiger partial charge in [0.05, 0.1) is 71.1 Å². The number of para-hydroxylation sites is 2. The maximum atomic E-state index is 13.4. The number of nitrogen functional groups attached to an aromatic ring is 2. The fourth-order valence-corrected chi connectivity index (χ4v) is 14.4. The van der Waals surface area contributed by atoms with Crippen molar-refractivity contribution in [2.24, 2.45) is 11.5 Å². The fraction of sp³-hybridized carbons (Fsp3) is 0.402. The molecule has 8 aromatic heterocycles. The van der Waals surface area contributed by atoms with Crippen LogP contribution >= 0.6 is 96.5 Å². The number of aryl methyl sites for hydroxylation is 4. The van der Waals surface area contributed by atoms with E-state index in [9.17, 15) is 76.7 Å². The summed E-state index contributed by atoms with van der Waals surface area (Å²) in [5.41, 5.74) is 17.2. The van der Waals surface area contributed by atoms with Crippen LogP contribution < -0.4 is 48.4 Å². The minimum Gasteiger partial charge on any atom is -0.415 e. The van der Waals surface area contributed by atoms with Crippen LogP contribution in [0.3, 0.4) is 0 Å². The van der Waals surface area contributed by atoms with E-state index in [1.54, 1.807) is 107 Å². The summed E-state index contributed by atoms with van der Waals surface area (Å²) < 4.78 is 168. The second-order valence-corrected chi connectivity index (χ2v) is 32.6. The summed E-state index contributed by atoms with van der Waals surface area (Å²) in [6.07, 6.45) is -9.69. The molecule has 2 aliphatic heterocycles. The number of likely N-dealkylation sites (tertiary alicyclic amines) is 1. The highest BCUT2D eigenvalue weighted by Crippen LogP contribution is 2.46. The Bertz CT molecular complexity index is 4980. The van der Waals surface area contributed by atoms with Crippen molar-refractivity contribution < 1.29 is 86.1 Å². The van der Waals surface area contributed by atoms with Crippen LogP contribution in [0.25, 0.3) is 41.8 Å². The molecule has 0 spiro atoms. The van der Waals surface area contributed by atoms with Crippen molar-refractivity contribution in [3.05, 3.63) is 180 Å². The SMILES string of the molecule is Br.C.C.C.C.CI.Cc1nc(N)sc1-c1ccnc(C(C)(C)C(F)(F)F)c1.Cc1nc(N)sc1-c1ccnc(C(C)(C)C(F)(F)F)c1.Cc1nc(NC(=O)N2CCC[C@H]2C(N)=O)sc1-c1ccnc(C(C)(C)C(F)(F)F)c1.Cc1nc(NC(=O)Oc2ccccc2)sc1-c1ccnc(C(C)(C)C(F)(F)F)c1.NC(=O)[C@@H]1CCCN1.O=C(Cl)Oc1ccccc1. The molecule has 10 heterocycles. The first-order valence-electron chi connectivity index (χ1n) is 35.6. The van der Waals surface area contributed by atoms with Crippen molar-refractivity contribution in [3.8, 4) is 53.3 Å². The zero-order chi connectivity index (χ0) is 89.1. The lowest BCUT2D eigenvalue weighted by atomic mass is 9.87. The normalized spacial score (nSPS) is 13.7. The third-order valence-corrected chi connectivity index (χ3v) is 22.7. The van der Waals surface area contributed by atoms with Crippen LogP contribution in [0.5, 0.6) is 11.5 Å². The monoisotopic (exact) mass is 2020 g/mol. The molecule has 2 fully saturated rings. The van der Waals surface area contributed by atoms with E-state index in [-0.39, 0.29) is 91.7 Å². The van der Waals surface area contributed by atoms with Crippen LogP contribution in [0.1, 0.15) is 156 Å². The van der Waals surface area contributed by atoms with E-state index in [0.717, 1.165) is 107 Å². The Balaban J connectivity index is 0.000000766. The Labute approximate surface area is 758 Å². The number of carbonyl (C=O) groups is 5. The first-order valence-corrected chi connectivity index (χ1v) is 41.4. The number of nitrogens with zero attached hydrogens (tertiary/aromatic N) is 9. The first kappa shape index (κ1) is 113. The molecule has 682 valence electrons. The number of primary amides is 2. The van der Waals surface area contributed by atoms with E-state index in [0.29, 0.717) is 95.9 Å². The average Bonchev–Trinajstić information content (AvgIpc) is 1.30. The number of ether oxygens (including phenoxy) is 2. The van der Waals surface area contributed by atoms with Gasteiger partial charge in [-0.1, -0.05) is 134 Å². The number of urea groups is 1. The third-order valence-electron chi connectivity index (χ3n) is 18.3. The number of aromatic nitrogens is 8. The molecule has 2 atom stereocenters. The van der Waals surface area contributed by atoms with E-state index < -0.39 is 75.9 Å². The maximum Gasteiger partial charge on any atom is 0.418 e. The summed E-state index contributed by atoms with van der Waals surface area (Å²) in [6, 6.07) is 28.2. The van der Waals surface area contributed by atoms with Gasteiger partial charge < -0.3 is 42.6 Å². The number of hydrogen-bond acceptors (Lipinski definition) is 22. The number of benzene rings is 2. The summed E-state index contributed by atoms with van der Waals surface area (Å²) in [5, 5.41) is 9.54. The number of nitrogens with one attached hydrogen (secondary N) is 3. The lowest BCUT2D eigenvalue weighted by Gasteiger charge is -2.27. The van der Waals surface area contributed by atoms with Crippen molar-refractivity contribution >= 4 is 146 Å². The van der Waals surface area contributed by atoms with Crippen LogP contribution in [0.2, 0.25) is 0 Å². The minimum absolute atomic E-state index is 0. The van der Waals surface area contributed by atoms with Crippen LogP contribution in [-0.2, 0) is 31.2 Å². The molecular formula is C82H103BrClF12IN16O7S4. The molecule has 124 heavy (non-hydrogen) atoms. The topological polar surface area (TPSA) is 350 Å². The molecule has 2 aromatic carbocycles. The molecule has 0 bridgehead atoms. The van der Waals surface area contributed by atoms with E-state index in [1.807, 2.05) is 11.0 Å². The molecule has 5 amide bonds. The predicted octanol–water partition coefficient (Wildman–Crippen LogP) is 23.5. The molecule has 0 saturated carbocycles. The molecule has 11 N–H and O–H groups in total.